The first kappa shape index (κ1) is 15.5. The van der Waals surface area contributed by atoms with E-state index in [0.717, 1.165) is 0 Å². The van der Waals surface area contributed by atoms with Gasteiger partial charge in [0, 0.05) is 26.2 Å². The van der Waals surface area contributed by atoms with Gasteiger partial charge in [-0.3, -0.25) is 9.59 Å². The average molecular weight is 309 g/mol. The third-order valence-electron chi connectivity index (χ3n) is 3.08. The zero-order valence-electron chi connectivity index (χ0n) is 12.1. The number of nitrogens with zero attached hydrogens (tertiary/aromatic N) is 3. The summed E-state index contributed by atoms with van der Waals surface area (Å²) in [6.07, 6.45) is 0. The maximum atomic E-state index is 12.3. The number of benzene rings is 1. The average Bonchev–Trinajstić information content (AvgIpc) is 2.48. The molecule has 9 heteroatoms. The normalized spacial score (nSPS) is 13.2. The summed E-state index contributed by atoms with van der Waals surface area (Å²) in [6.45, 7) is -0.243. The van der Waals surface area contributed by atoms with Gasteiger partial charge < -0.3 is 19.4 Å². The Kier molecular flexibility index (Phi) is 4.44. The topological polar surface area (TPSA) is 102 Å². The molecule has 1 aliphatic rings. The van der Waals surface area contributed by atoms with E-state index >= 15 is 0 Å². The lowest BCUT2D eigenvalue weighted by Gasteiger charge is -2.28. The standard InChI is InChI=1S/C13H15N3O6/c1-14(2)12(17)9-3-4-11-10(7-9)13(18)15(8-21-11)5-6-22-16(19)20/h3-4,7H,5-6,8H2,1-2H3. The third-order valence-corrected chi connectivity index (χ3v) is 3.08. The number of rotatable bonds is 5. The summed E-state index contributed by atoms with van der Waals surface area (Å²) in [4.78, 5) is 41.2. The van der Waals surface area contributed by atoms with Crippen LogP contribution in [0, 0.1) is 10.1 Å². The van der Waals surface area contributed by atoms with E-state index in [1.165, 1.54) is 15.9 Å². The van der Waals surface area contributed by atoms with Gasteiger partial charge in [-0.25, -0.2) is 0 Å². The zero-order valence-corrected chi connectivity index (χ0v) is 12.1. The number of carbonyl (C=O) groups is 2. The summed E-state index contributed by atoms with van der Waals surface area (Å²) in [7, 11) is 3.22. The van der Waals surface area contributed by atoms with E-state index in [4.69, 9.17) is 4.74 Å². The van der Waals surface area contributed by atoms with Crippen molar-refractivity contribution in [3.63, 3.8) is 0 Å². The van der Waals surface area contributed by atoms with Gasteiger partial charge in [-0.2, -0.15) is 0 Å². The fourth-order valence-corrected chi connectivity index (χ4v) is 1.98. The van der Waals surface area contributed by atoms with Gasteiger partial charge in [0.1, 0.15) is 12.4 Å². The minimum absolute atomic E-state index is 0.0190. The number of ether oxygens (including phenoxy) is 1. The van der Waals surface area contributed by atoms with Gasteiger partial charge in [0.05, 0.1) is 5.56 Å². The molecular formula is C13H15N3O6. The Balaban J connectivity index is 2.15. The molecule has 0 spiro atoms. The van der Waals surface area contributed by atoms with Crippen molar-refractivity contribution in [3.8, 4) is 5.75 Å². The van der Waals surface area contributed by atoms with Crippen LogP contribution in [-0.4, -0.2) is 60.7 Å². The number of carbonyl (C=O) groups excluding carboxylic acids is 2. The van der Waals surface area contributed by atoms with E-state index < -0.39 is 5.09 Å². The van der Waals surface area contributed by atoms with Crippen LogP contribution < -0.4 is 4.74 Å². The Morgan fingerprint density at radius 2 is 2.23 bits per heavy atom. The lowest BCUT2D eigenvalue weighted by atomic mass is 10.1. The summed E-state index contributed by atoms with van der Waals surface area (Å²) in [5, 5.41) is 9.19. The van der Waals surface area contributed by atoms with Crippen molar-refractivity contribution in [2.75, 3.05) is 34.0 Å². The predicted octanol–water partition coefficient (Wildman–Crippen LogP) is 0.389. The molecule has 118 valence electrons. The van der Waals surface area contributed by atoms with Crippen LogP contribution in [0.5, 0.6) is 5.75 Å². The maximum absolute atomic E-state index is 12.3. The van der Waals surface area contributed by atoms with Gasteiger partial charge in [-0.1, -0.05) is 0 Å². The van der Waals surface area contributed by atoms with Crippen LogP contribution in [0.1, 0.15) is 20.7 Å². The highest BCUT2D eigenvalue weighted by atomic mass is 16.9. The Labute approximate surface area is 126 Å². The van der Waals surface area contributed by atoms with Crippen LogP contribution in [-0.2, 0) is 4.84 Å². The van der Waals surface area contributed by atoms with Gasteiger partial charge in [-0.15, -0.1) is 10.1 Å². The zero-order chi connectivity index (χ0) is 16.3. The van der Waals surface area contributed by atoms with Crippen LogP contribution >= 0.6 is 0 Å². The van der Waals surface area contributed by atoms with Gasteiger partial charge in [-0.05, 0) is 18.2 Å². The minimum atomic E-state index is -0.920. The largest absolute Gasteiger partial charge is 0.472 e. The first-order valence-electron chi connectivity index (χ1n) is 6.45. The molecule has 0 unspecified atom stereocenters. The molecule has 0 aliphatic carbocycles. The van der Waals surface area contributed by atoms with Crippen molar-refractivity contribution < 1.29 is 24.3 Å². The Morgan fingerprint density at radius 3 is 2.86 bits per heavy atom. The van der Waals surface area contributed by atoms with Crippen molar-refractivity contribution in [1.29, 1.82) is 0 Å². The lowest BCUT2D eigenvalue weighted by Crippen LogP contribution is -2.41. The van der Waals surface area contributed by atoms with Crippen LogP contribution in [0.2, 0.25) is 0 Å². The molecule has 0 atom stereocenters. The fraction of sp³-hybridized carbons (Fsp3) is 0.385. The van der Waals surface area contributed by atoms with Gasteiger partial charge >= 0.3 is 0 Å². The molecule has 9 nitrogen and oxygen atoms in total. The summed E-state index contributed by atoms with van der Waals surface area (Å²) >= 11 is 0. The number of amides is 2. The van der Waals surface area contributed by atoms with Crippen molar-refractivity contribution >= 4 is 11.8 Å². The monoisotopic (exact) mass is 309 g/mol. The Bertz CT molecular complexity index is 616. The molecule has 0 bridgehead atoms. The second-order valence-electron chi connectivity index (χ2n) is 4.81. The van der Waals surface area contributed by atoms with Crippen LogP contribution in [0.25, 0.3) is 0 Å². The molecule has 0 N–H and O–H groups in total. The van der Waals surface area contributed by atoms with Gasteiger partial charge in [0.25, 0.3) is 16.9 Å². The van der Waals surface area contributed by atoms with Crippen molar-refractivity contribution in [1.82, 2.24) is 9.80 Å². The van der Waals surface area contributed by atoms with E-state index in [-0.39, 0.29) is 37.3 Å². The third kappa shape index (κ3) is 3.25. The SMILES string of the molecule is CN(C)C(=O)c1ccc2c(c1)C(=O)N(CCO[N+](=O)[O-])CO2. The maximum Gasteiger partial charge on any atom is 0.294 e. The Morgan fingerprint density at radius 1 is 1.50 bits per heavy atom. The molecule has 1 aromatic carbocycles. The molecule has 2 amide bonds. The molecule has 0 saturated carbocycles. The van der Waals surface area contributed by atoms with Crippen LogP contribution in [0.15, 0.2) is 18.2 Å². The molecule has 0 saturated heterocycles. The first-order chi connectivity index (χ1) is 10.4. The fourth-order valence-electron chi connectivity index (χ4n) is 1.98. The highest BCUT2D eigenvalue weighted by Crippen LogP contribution is 2.26. The first-order valence-corrected chi connectivity index (χ1v) is 6.45. The van der Waals surface area contributed by atoms with Crippen molar-refractivity contribution in [2.24, 2.45) is 0 Å². The van der Waals surface area contributed by atoms with E-state index in [2.05, 4.69) is 4.84 Å². The number of hydrogen-bond donors (Lipinski definition) is 0. The summed E-state index contributed by atoms with van der Waals surface area (Å²) in [5.41, 5.74) is 0.615. The van der Waals surface area contributed by atoms with E-state index in [1.807, 2.05) is 0 Å². The van der Waals surface area contributed by atoms with Gasteiger partial charge in [0.2, 0.25) is 0 Å². The molecule has 0 radical (unpaired) electrons. The second kappa shape index (κ2) is 6.29. The summed E-state index contributed by atoms with van der Waals surface area (Å²) in [5.74, 6) is -0.210. The Hall–Kier alpha value is -2.84. The predicted molar refractivity (Wildman–Crippen MR) is 73.9 cm³/mol. The molecule has 1 heterocycles. The van der Waals surface area contributed by atoms with E-state index in [0.29, 0.717) is 11.3 Å². The molecule has 1 aliphatic heterocycles. The smallest absolute Gasteiger partial charge is 0.294 e. The summed E-state index contributed by atoms with van der Waals surface area (Å²) < 4.78 is 5.41. The van der Waals surface area contributed by atoms with E-state index in [9.17, 15) is 19.7 Å². The number of fused-ring (bicyclic) bond motifs is 1. The molecule has 0 fully saturated rings. The quantitative estimate of drug-likeness (QED) is 0.576. The minimum Gasteiger partial charge on any atom is -0.472 e. The molecule has 2 rings (SSSR count). The van der Waals surface area contributed by atoms with Crippen LogP contribution in [0.3, 0.4) is 0 Å². The summed E-state index contributed by atoms with van der Waals surface area (Å²) in [6, 6.07) is 4.61. The van der Waals surface area contributed by atoms with Crippen LogP contribution in [0.4, 0.5) is 0 Å². The van der Waals surface area contributed by atoms with Crippen molar-refractivity contribution in [3.05, 3.63) is 39.4 Å². The number of hydrogen-bond acceptors (Lipinski definition) is 6. The highest BCUT2D eigenvalue weighted by Gasteiger charge is 2.26. The van der Waals surface area contributed by atoms with Gasteiger partial charge in [0.15, 0.2) is 6.73 Å². The molecule has 22 heavy (non-hydrogen) atoms. The highest BCUT2D eigenvalue weighted by molar-refractivity contribution is 6.01. The lowest BCUT2D eigenvalue weighted by molar-refractivity contribution is -0.757. The molecular weight excluding hydrogens is 294 g/mol. The second-order valence-corrected chi connectivity index (χ2v) is 4.81. The molecule has 1 aromatic rings. The van der Waals surface area contributed by atoms with Crippen molar-refractivity contribution in [2.45, 2.75) is 0 Å². The molecule has 0 aromatic heterocycles. The van der Waals surface area contributed by atoms with E-state index in [1.54, 1.807) is 26.2 Å².